The zero-order valence-corrected chi connectivity index (χ0v) is 7.07. The molecule has 1 aromatic heterocycles. The maximum atomic E-state index is 8.25. The first-order valence-electron chi connectivity index (χ1n) is 1.90. The number of rotatable bonds is 0. The molecule has 1 rings (SSSR count). The summed E-state index contributed by atoms with van der Waals surface area (Å²) in [5.41, 5.74) is 0. The van der Waals surface area contributed by atoms with Gasteiger partial charge in [-0.15, -0.1) is 0 Å². The maximum absolute atomic E-state index is 8.25. The standard InChI is InChI=1S/C3H4N2.CH2O2.Na/c1-2-5-3-4-1;2-1-3;/h1-3H,(H,4,5);1H,(H,2,3);/q;;+1/p-1. The minimum Gasteiger partial charge on any atom is -0.554 e. The molecule has 0 saturated carbocycles. The van der Waals surface area contributed by atoms with Crippen LogP contribution in [0.5, 0.6) is 0 Å². The van der Waals surface area contributed by atoms with Crippen molar-refractivity contribution in [3.63, 3.8) is 0 Å². The van der Waals surface area contributed by atoms with Crippen molar-refractivity contribution in [3.05, 3.63) is 18.7 Å². The Balaban J connectivity index is 0. The van der Waals surface area contributed by atoms with Gasteiger partial charge in [0.25, 0.3) is 0 Å². The Labute approximate surface area is 74.6 Å². The van der Waals surface area contributed by atoms with Gasteiger partial charge < -0.3 is 14.9 Å². The van der Waals surface area contributed by atoms with Gasteiger partial charge in [0.2, 0.25) is 0 Å². The van der Waals surface area contributed by atoms with Crippen molar-refractivity contribution >= 4 is 6.47 Å². The fraction of sp³-hybridized carbons (Fsp3) is 0. The van der Waals surface area contributed by atoms with Crippen LogP contribution in [-0.4, -0.2) is 16.4 Å². The van der Waals surface area contributed by atoms with Gasteiger partial charge in [0.15, 0.2) is 0 Å². The third-order valence-corrected chi connectivity index (χ3v) is 0.406. The first-order chi connectivity index (χ1) is 3.91. The molecule has 0 radical (unpaired) electrons. The van der Waals surface area contributed by atoms with E-state index in [-0.39, 0.29) is 29.6 Å². The molecule has 0 aliphatic carbocycles. The molecule has 0 aliphatic rings. The summed E-state index contributed by atoms with van der Waals surface area (Å²) >= 11 is 0. The molecule has 1 N–H and O–H groups in total. The van der Waals surface area contributed by atoms with E-state index in [1.54, 1.807) is 18.7 Å². The van der Waals surface area contributed by atoms with Crippen LogP contribution in [0.2, 0.25) is 0 Å². The van der Waals surface area contributed by atoms with Gasteiger partial charge in [0.05, 0.1) is 6.33 Å². The predicted molar refractivity (Wildman–Crippen MR) is 24.7 cm³/mol. The number of aromatic amines is 1. The van der Waals surface area contributed by atoms with Gasteiger partial charge in [-0.05, 0) is 0 Å². The molecular formula is C4H5N2NaO2. The van der Waals surface area contributed by atoms with Gasteiger partial charge in [0, 0.05) is 18.9 Å². The van der Waals surface area contributed by atoms with Crippen molar-refractivity contribution in [3.8, 4) is 0 Å². The zero-order chi connectivity index (χ0) is 6.24. The summed E-state index contributed by atoms with van der Waals surface area (Å²) in [5.74, 6) is 0. The molecule has 1 heterocycles. The Morgan fingerprint density at radius 1 is 1.67 bits per heavy atom. The molecule has 0 unspecified atom stereocenters. The number of carbonyl (C=O) groups is 1. The molecule has 0 fully saturated rings. The van der Waals surface area contributed by atoms with Crippen molar-refractivity contribution in [2.75, 3.05) is 0 Å². The summed E-state index contributed by atoms with van der Waals surface area (Å²) in [4.78, 5) is 14.7. The van der Waals surface area contributed by atoms with Crippen LogP contribution >= 0.6 is 0 Å². The van der Waals surface area contributed by atoms with Gasteiger partial charge >= 0.3 is 29.6 Å². The molecule has 0 aliphatic heterocycles. The maximum Gasteiger partial charge on any atom is 1.00 e. The van der Waals surface area contributed by atoms with Gasteiger partial charge in [-0.3, -0.25) is 0 Å². The van der Waals surface area contributed by atoms with E-state index in [9.17, 15) is 0 Å². The smallest absolute Gasteiger partial charge is 0.554 e. The number of nitrogens with one attached hydrogen (secondary N) is 1. The first-order valence-corrected chi connectivity index (χ1v) is 1.90. The predicted octanol–water partition coefficient (Wildman–Crippen LogP) is -4.22. The molecule has 0 spiro atoms. The third-order valence-electron chi connectivity index (χ3n) is 0.406. The van der Waals surface area contributed by atoms with Gasteiger partial charge in [-0.25, -0.2) is 4.98 Å². The van der Waals surface area contributed by atoms with Crippen LogP contribution in [0.25, 0.3) is 0 Å². The van der Waals surface area contributed by atoms with Gasteiger partial charge in [-0.2, -0.15) is 0 Å². The topological polar surface area (TPSA) is 68.8 Å². The fourth-order valence-electron chi connectivity index (χ4n) is 0.215. The van der Waals surface area contributed by atoms with Crippen molar-refractivity contribution < 1.29 is 39.5 Å². The molecule has 0 atom stereocenters. The molecule has 4 nitrogen and oxygen atoms in total. The number of aromatic nitrogens is 2. The Kier molecular flexibility index (Phi) is 13.5. The number of imidazole rings is 1. The van der Waals surface area contributed by atoms with Crippen LogP contribution in [0, 0.1) is 0 Å². The molecule has 0 aromatic carbocycles. The monoisotopic (exact) mass is 136 g/mol. The van der Waals surface area contributed by atoms with Crippen LogP contribution in [0.3, 0.4) is 0 Å². The van der Waals surface area contributed by atoms with Crippen molar-refractivity contribution in [2.24, 2.45) is 0 Å². The number of hydrogen-bond donors (Lipinski definition) is 1. The van der Waals surface area contributed by atoms with Crippen LogP contribution in [-0.2, 0) is 4.79 Å². The van der Waals surface area contributed by atoms with E-state index in [0.29, 0.717) is 0 Å². The number of carbonyl (C=O) groups excluding carboxylic acids is 1. The fourth-order valence-corrected chi connectivity index (χ4v) is 0.215. The number of carboxylic acid groups (broad SMARTS) is 1. The Bertz CT molecular complexity index is 103. The molecule has 0 amide bonds. The summed E-state index contributed by atoms with van der Waals surface area (Å²) in [6, 6.07) is 0. The summed E-state index contributed by atoms with van der Waals surface area (Å²) in [6.07, 6.45) is 5.08. The summed E-state index contributed by atoms with van der Waals surface area (Å²) in [7, 11) is 0. The largest absolute Gasteiger partial charge is 1.00 e. The Morgan fingerprint density at radius 2 is 2.22 bits per heavy atom. The zero-order valence-electron chi connectivity index (χ0n) is 5.07. The first kappa shape index (κ1) is 11.5. The van der Waals surface area contributed by atoms with E-state index in [1.807, 2.05) is 0 Å². The summed E-state index contributed by atoms with van der Waals surface area (Å²) < 4.78 is 0. The van der Waals surface area contributed by atoms with Crippen LogP contribution < -0.4 is 34.7 Å². The van der Waals surface area contributed by atoms with E-state index >= 15 is 0 Å². The van der Waals surface area contributed by atoms with E-state index in [0.717, 1.165) is 0 Å². The molecule has 0 saturated heterocycles. The van der Waals surface area contributed by atoms with Crippen molar-refractivity contribution in [2.45, 2.75) is 0 Å². The van der Waals surface area contributed by atoms with Crippen molar-refractivity contribution in [1.29, 1.82) is 0 Å². The third kappa shape index (κ3) is 11.3. The SMILES string of the molecule is O=C[O-].[Na+].c1c[nH]cn1. The van der Waals surface area contributed by atoms with E-state index < -0.39 is 6.47 Å². The molecule has 1 aromatic rings. The quantitative estimate of drug-likeness (QED) is 0.290. The van der Waals surface area contributed by atoms with Gasteiger partial charge in [0.1, 0.15) is 0 Å². The second kappa shape index (κ2) is 10.6. The van der Waals surface area contributed by atoms with Crippen molar-refractivity contribution in [1.82, 2.24) is 9.97 Å². The molecule has 44 valence electrons. The van der Waals surface area contributed by atoms with E-state index in [2.05, 4.69) is 9.97 Å². The van der Waals surface area contributed by atoms with E-state index in [4.69, 9.17) is 9.90 Å². The number of nitrogens with zero attached hydrogens (tertiary/aromatic N) is 1. The second-order valence-electron chi connectivity index (χ2n) is 0.857. The molecular weight excluding hydrogens is 131 g/mol. The molecule has 0 bridgehead atoms. The van der Waals surface area contributed by atoms with Crippen LogP contribution in [0.15, 0.2) is 18.7 Å². The normalized spacial score (nSPS) is 5.78. The second-order valence-corrected chi connectivity index (χ2v) is 0.857. The minimum atomic E-state index is -0.500. The molecule has 5 heteroatoms. The molecule has 9 heavy (non-hydrogen) atoms. The average molecular weight is 136 g/mol. The number of hydrogen-bond acceptors (Lipinski definition) is 3. The Morgan fingerprint density at radius 3 is 2.33 bits per heavy atom. The average Bonchev–Trinajstić information content (AvgIpc) is 2.17. The minimum absolute atomic E-state index is 0. The van der Waals surface area contributed by atoms with E-state index in [1.165, 1.54) is 0 Å². The van der Waals surface area contributed by atoms with Gasteiger partial charge in [-0.1, -0.05) is 0 Å². The number of H-pyrrole nitrogens is 1. The van der Waals surface area contributed by atoms with Crippen LogP contribution in [0.4, 0.5) is 0 Å². The summed E-state index contributed by atoms with van der Waals surface area (Å²) in [5, 5.41) is 8.25. The summed E-state index contributed by atoms with van der Waals surface area (Å²) in [6.45, 7) is -0.500. The Hall–Kier alpha value is -0.320. The van der Waals surface area contributed by atoms with Crippen LogP contribution in [0.1, 0.15) is 0 Å².